The van der Waals surface area contributed by atoms with Crippen molar-refractivity contribution in [3.05, 3.63) is 42.2 Å². The first-order chi connectivity index (χ1) is 6.27. The number of benzene rings is 1. The minimum Gasteiger partial charge on any atom is -0.324 e. The highest BCUT2D eigenvalue weighted by Crippen LogP contribution is 2.17. The molecule has 2 nitrogen and oxygen atoms in total. The molecule has 1 atom stereocenters. The second kappa shape index (κ2) is 3.15. The van der Waals surface area contributed by atoms with Gasteiger partial charge in [-0.2, -0.15) is 0 Å². The lowest BCUT2D eigenvalue weighted by Crippen LogP contribution is -2.04. The Kier molecular flexibility index (Phi) is 1.99. The van der Waals surface area contributed by atoms with E-state index in [4.69, 9.17) is 5.73 Å². The van der Waals surface area contributed by atoms with Gasteiger partial charge in [0.15, 0.2) is 0 Å². The summed E-state index contributed by atoms with van der Waals surface area (Å²) in [6.07, 6.45) is 3.66. The van der Waals surface area contributed by atoms with Crippen LogP contribution in [0.1, 0.15) is 18.5 Å². The number of nitrogens with zero attached hydrogens (tertiary/aromatic N) is 1. The molecule has 0 aliphatic rings. The van der Waals surface area contributed by atoms with Crippen molar-refractivity contribution in [2.24, 2.45) is 5.73 Å². The zero-order valence-electron chi connectivity index (χ0n) is 7.57. The van der Waals surface area contributed by atoms with Gasteiger partial charge in [0.05, 0.1) is 0 Å². The third-order valence-electron chi connectivity index (χ3n) is 2.19. The molecule has 0 saturated heterocycles. The number of fused-ring (bicyclic) bond motifs is 1. The van der Waals surface area contributed by atoms with Crippen LogP contribution in [0, 0.1) is 0 Å². The quantitative estimate of drug-likeness (QED) is 0.716. The maximum atomic E-state index is 5.78. The first-order valence-corrected chi connectivity index (χ1v) is 4.36. The van der Waals surface area contributed by atoms with Gasteiger partial charge >= 0.3 is 0 Å². The number of pyridine rings is 1. The highest BCUT2D eigenvalue weighted by atomic mass is 14.6. The summed E-state index contributed by atoms with van der Waals surface area (Å²) in [4.78, 5) is 4.07. The van der Waals surface area contributed by atoms with E-state index in [1.807, 2.05) is 19.2 Å². The van der Waals surface area contributed by atoms with E-state index in [1.54, 1.807) is 6.20 Å². The van der Waals surface area contributed by atoms with Gasteiger partial charge in [-0.05, 0) is 30.0 Å². The van der Waals surface area contributed by atoms with Gasteiger partial charge in [0.25, 0.3) is 0 Å². The SMILES string of the molecule is CC(N)c1ccc2ccncc2c1. The lowest BCUT2D eigenvalue weighted by molar-refractivity contribution is 0.820. The van der Waals surface area contributed by atoms with Gasteiger partial charge in [0.1, 0.15) is 0 Å². The van der Waals surface area contributed by atoms with Crippen molar-refractivity contribution >= 4 is 10.8 Å². The van der Waals surface area contributed by atoms with Gasteiger partial charge in [-0.15, -0.1) is 0 Å². The Hall–Kier alpha value is -1.41. The predicted octanol–water partition coefficient (Wildman–Crippen LogP) is 2.25. The van der Waals surface area contributed by atoms with E-state index in [1.165, 1.54) is 5.39 Å². The summed E-state index contributed by atoms with van der Waals surface area (Å²) >= 11 is 0. The largest absolute Gasteiger partial charge is 0.324 e. The first kappa shape index (κ1) is 8.20. The van der Waals surface area contributed by atoms with Gasteiger partial charge in [-0.1, -0.05) is 12.1 Å². The van der Waals surface area contributed by atoms with E-state index >= 15 is 0 Å². The number of rotatable bonds is 1. The van der Waals surface area contributed by atoms with Crippen LogP contribution in [0.4, 0.5) is 0 Å². The maximum Gasteiger partial charge on any atom is 0.0346 e. The molecule has 2 rings (SSSR count). The molecule has 1 unspecified atom stereocenters. The van der Waals surface area contributed by atoms with Crippen molar-refractivity contribution in [1.82, 2.24) is 4.98 Å². The fraction of sp³-hybridized carbons (Fsp3) is 0.182. The lowest BCUT2D eigenvalue weighted by Gasteiger charge is -2.06. The standard InChI is InChI=1S/C11H12N2/c1-8(12)10-3-2-9-4-5-13-7-11(9)6-10/h2-8H,12H2,1H3. The van der Waals surface area contributed by atoms with Crippen molar-refractivity contribution in [2.45, 2.75) is 13.0 Å². The molecule has 1 aromatic heterocycles. The molecule has 0 bridgehead atoms. The highest BCUT2D eigenvalue weighted by molar-refractivity contribution is 5.82. The molecular formula is C11H12N2. The molecule has 0 radical (unpaired) electrons. The number of nitrogens with two attached hydrogens (primary N) is 1. The van der Waals surface area contributed by atoms with Crippen LogP contribution in [0.3, 0.4) is 0 Å². The molecule has 2 N–H and O–H groups in total. The van der Waals surface area contributed by atoms with E-state index in [9.17, 15) is 0 Å². The summed E-state index contributed by atoms with van der Waals surface area (Å²) in [5.41, 5.74) is 6.94. The van der Waals surface area contributed by atoms with Crippen LogP contribution >= 0.6 is 0 Å². The summed E-state index contributed by atoms with van der Waals surface area (Å²) in [5, 5.41) is 2.36. The van der Waals surface area contributed by atoms with Gasteiger partial charge in [-0.25, -0.2) is 0 Å². The van der Waals surface area contributed by atoms with E-state index in [-0.39, 0.29) is 6.04 Å². The van der Waals surface area contributed by atoms with Crippen LogP contribution in [0.15, 0.2) is 36.7 Å². The van der Waals surface area contributed by atoms with Gasteiger partial charge in [-0.3, -0.25) is 4.98 Å². The van der Waals surface area contributed by atoms with Crippen LogP contribution in [0.2, 0.25) is 0 Å². The second-order valence-corrected chi connectivity index (χ2v) is 3.27. The van der Waals surface area contributed by atoms with Gasteiger partial charge in [0.2, 0.25) is 0 Å². The second-order valence-electron chi connectivity index (χ2n) is 3.27. The van der Waals surface area contributed by atoms with Crippen LogP contribution < -0.4 is 5.73 Å². The minimum absolute atomic E-state index is 0.0876. The number of aromatic nitrogens is 1. The molecule has 2 aromatic rings. The summed E-state index contributed by atoms with van der Waals surface area (Å²) in [6.45, 7) is 1.98. The van der Waals surface area contributed by atoms with Crippen molar-refractivity contribution in [3.8, 4) is 0 Å². The van der Waals surface area contributed by atoms with Crippen LogP contribution in [-0.2, 0) is 0 Å². The number of hydrogen-bond acceptors (Lipinski definition) is 2. The van der Waals surface area contributed by atoms with E-state index in [0.717, 1.165) is 10.9 Å². The molecule has 0 saturated carbocycles. The van der Waals surface area contributed by atoms with E-state index in [2.05, 4.69) is 23.2 Å². The topological polar surface area (TPSA) is 38.9 Å². The molecule has 1 aromatic carbocycles. The van der Waals surface area contributed by atoms with Crippen molar-refractivity contribution in [2.75, 3.05) is 0 Å². The molecule has 1 heterocycles. The zero-order valence-corrected chi connectivity index (χ0v) is 7.57. The fourth-order valence-corrected chi connectivity index (χ4v) is 1.39. The van der Waals surface area contributed by atoms with Crippen LogP contribution in [0.5, 0.6) is 0 Å². The van der Waals surface area contributed by atoms with Crippen molar-refractivity contribution < 1.29 is 0 Å². The van der Waals surface area contributed by atoms with E-state index < -0.39 is 0 Å². The normalized spacial score (nSPS) is 13.1. The molecule has 0 fully saturated rings. The molecule has 0 aliphatic carbocycles. The predicted molar refractivity (Wildman–Crippen MR) is 54.3 cm³/mol. The third kappa shape index (κ3) is 1.53. The van der Waals surface area contributed by atoms with Crippen LogP contribution in [-0.4, -0.2) is 4.98 Å². The van der Waals surface area contributed by atoms with Crippen molar-refractivity contribution in [3.63, 3.8) is 0 Å². The third-order valence-corrected chi connectivity index (χ3v) is 2.19. The summed E-state index contributed by atoms with van der Waals surface area (Å²) in [6, 6.07) is 8.32. The average Bonchev–Trinajstić information content (AvgIpc) is 2.17. The monoisotopic (exact) mass is 172 g/mol. The lowest BCUT2D eigenvalue weighted by atomic mass is 10.1. The fourth-order valence-electron chi connectivity index (χ4n) is 1.39. The van der Waals surface area contributed by atoms with Gasteiger partial charge < -0.3 is 5.73 Å². The molecule has 0 spiro atoms. The van der Waals surface area contributed by atoms with Gasteiger partial charge in [0, 0.05) is 23.8 Å². The Balaban J connectivity index is 2.62. The Bertz CT molecular complexity index is 421. The van der Waals surface area contributed by atoms with Crippen molar-refractivity contribution in [1.29, 1.82) is 0 Å². The number of hydrogen-bond donors (Lipinski definition) is 1. The Morgan fingerprint density at radius 1 is 1.23 bits per heavy atom. The molecule has 2 heteroatoms. The molecule has 66 valence electrons. The molecule has 0 aliphatic heterocycles. The summed E-state index contributed by atoms with van der Waals surface area (Å²) in [7, 11) is 0. The summed E-state index contributed by atoms with van der Waals surface area (Å²) in [5.74, 6) is 0. The van der Waals surface area contributed by atoms with Crippen LogP contribution in [0.25, 0.3) is 10.8 Å². The average molecular weight is 172 g/mol. The maximum absolute atomic E-state index is 5.78. The minimum atomic E-state index is 0.0876. The van der Waals surface area contributed by atoms with E-state index in [0.29, 0.717) is 0 Å². The first-order valence-electron chi connectivity index (χ1n) is 4.36. The smallest absolute Gasteiger partial charge is 0.0346 e. The Labute approximate surface area is 77.4 Å². The highest BCUT2D eigenvalue weighted by Gasteiger charge is 1.99. The molecule has 0 amide bonds. The Morgan fingerprint density at radius 3 is 2.85 bits per heavy atom. The molecular weight excluding hydrogens is 160 g/mol. The zero-order chi connectivity index (χ0) is 9.26. The molecule has 13 heavy (non-hydrogen) atoms. The Morgan fingerprint density at radius 2 is 2.08 bits per heavy atom. The summed E-state index contributed by atoms with van der Waals surface area (Å²) < 4.78 is 0.